The zero-order chi connectivity index (χ0) is 27.3. The Kier molecular flexibility index (Phi) is 8.34. The SMILES string of the molecule is CC(=O)O[C@H]1CC[C@@]2(C)C(=CC(=O)C3C4[C@H](O)CC([C@H](C)CC[C@H](CCO)C(C)C)[C@@]4(C)C[C@@H](O)C32)C1. The zero-order valence-electron chi connectivity index (χ0n) is 23.8. The topological polar surface area (TPSA) is 104 Å². The molecular formula is C31H50O6. The molecule has 0 aromatic heterocycles. The Hall–Kier alpha value is -1.24. The van der Waals surface area contributed by atoms with E-state index in [9.17, 15) is 24.9 Å². The fourth-order valence-electron chi connectivity index (χ4n) is 9.46. The van der Waals surface area contributed by atoms with Crippen LogP contribution in [0.25, 0.3) is 0 Å². The molecule has 210 valence electrons. The predicted molar refractivity (Wildman–Crippen MR) is 142 cm³/mol. The number of hydrogen-bond donors (Lipinski definition) is 3. The van der Waals surface area contributed by atoms with Crippen LogP contribution >= 0.6 is 0 Å². The number of allylic oxidation sites excluding steroid dienone is 1. The first kappa shape index (κ1) is 28.8. The number of ether oxygens (including phenoxy) is 1. The highest BCUT2D eigenvalue weighted by molar-refractivity contribution is 5.94. The van der Waals surface area contributed by atoms with Crippen LogP contribution in [0.15, 0.2) is 11.6 Å². The van der Waals surface area contributed by atoms with Gasteiger partial charge in [-0.2, -0.15) is 0 Å². The third-order valence-corrected chi connectivity index (χ3v) is 11.4. The second kappa shape index (κ2) is 10.7. The van der Waals surface area contributed by atoms with Crippen molar-refractivity contribution < 1.29 is 29.6 Å². The number of aliphatic hydroxyl groups excluding tert-OH is 3. The van der Waals surface area contributed by atoms with Crippen LogP contribution in [0.5, 0.6) is 0 Å². The van der Waals surface area contributed by atoms with E-state index in [-0.39, 0.29) is 59.0 Å². The number of esters is 1. The van der Waals surface area contributed by atoms with Crippen LogP contribution < -0.4 is 0 Å². The molecule has 6 nitrogen and oxygen atoms in total. The molecular weight excluding hydrogens is 468 g/mol. The first-order valence-electron chi connectivity index (χ1n) is 14.7. The average molecular weight is 519 g/mol. The summed E-state index contributed by atoms with van der Waals surface area (Å²) < 4.78 is 5.49. The lowest BCUT2D eigenvalue weighted by Gasteiger charge is -2.59. The molecule has 0 spiro atoms. The fraction of sp³-hybridized carbons (Fsp3) is 0.871. The molecule has 0 heterocycles. The summed E-state index contributed by atoms with van der Waals surface area (Å²) in [4.78, 5) is 25.3. The molecule has 4 aliphatic carbocycles. The summed E-state index contributed by atoms with van der Waals surface area (Å²) >= 11 is 0. The maximum absolute atomic E-state index is 13.7. The Morgan fingerprint density at radius 1 is 1.11 bits per heavy atom. The van der Waals surface area contributed by atoms with E-state index in [0.717, 1.165) is 37.7 Å². The predicted octanol–water partition coefficient (Wildman–Crippen LogP) is 4.69. The van der Waals surface area contributed by atoms with E-state index < -0.39 is 12.2 Å². The molecule has 4 unspecified atom stereocenters. The van der Waals surface area contributed by atoms with Gasteiger partial charge in [-0.15, -0.1) is 0 Å². The van der Waals surface area contributed by atoms with E-state index in [1.807, 2.05) is 0 Å². The summed E-state index contributed by atoms with van der Waals surface area (Å²) in [7, 11) is 0. The zero-order valence-corrected chi connectivity index (χ0v) is 23.8. The molecule has 37 heavy (non-hydrogen) atoms. The summed E-state index contributed by atoms with van der Waals surface area (Å²) in [5.41, 5.74) is 0.379. The van der Waals surface area contributed by atoms with E-state index in [1.165, 1.54) is 6.92 Å². The number of rotatable bonds is 8. The Balaban J connectivity index is 1.58. The summed E-state index contributed by atoms with van der Waals surface area (Å²) in [6.07, 6.45) is 6.65. The number of ketones is 1. The Morgan fingerprint density at radius 3 is 2.43 bits per heavy atom. The van der Waals surface area contributed by atoms with Gasteiger partial charge in [0.2, 0.25) is 0 Å². The molecule has 3 saturated carbocycles. The molecule has 0 aliphatic heterocycles. The minimum atomic E-state index is -0.605. The van der Waals surface area contributed by atoms with Crippen molar-refractivity contribution in [2.75, 3.05) is 6.61 Å². The first-order valence-corrected chi connectivity index (χ1v) is 14.7. The van der Waals surface area contributed by atoms with Crippen LogP contribution in [-0.4, -0.2) is 52.0 Å². The maximum atomic E-state index is 13.7. The number of fused-ring (bicyclic) bond motifs is 5. The minimum absolute atomic E-state index is 0.0334. The second-order valence-corrected chi connectivity index (χ2v) is 13.8. The standard InChI is InChI=1S/C31H50O6/c1-17(2)20(10-12-32)8-7-18(3)23-15-25(35)28-27-24(34)14-21-13-22(37-19(4)33)9-11-30(21,5)29(27)26(36)16-31(23,28)6/h14,17-18,20,22-23,25-29,32,35-36H,7-13,15-16H2,1-6H3/t18-,20-,22+,23?,25-,26-,27?,28?,29?,30+,31-/m1/s1. The molecule has 0 amide bonds. The lowest BCUT2D eigenvalue weighted by Crippen LogP contribution is -2.60. The molecule has 4 rings (SSSR count). The van der Waals surface area contributed by atoms with Crippen molar-refractivity contribution in [2.45, 2.75) is 111 Å². The molecule has 0 aromatic carbocycles. The van der Waals surface area contributed by atoms with Gasteiger partial charge in [-0.3, -0.25) is 9.59 Å². The van der Waals surface area contributed by atoms with Gasteiger partial charge in [-0.1, -0.05) is 46.6 Å². The molecule has 3 N–H and O–H groups in total. The van der Waals surface area contributed by atoms with E-state index >= 15 is 0 Å². The molecule has 3 fully saturated rings. The molecule has 0 aromatic rings. The fourth-order valence-corrected chi connectivity index (χ4v) is 9.46. The summed E-state index contributed by atoms with van der Waals surface area (Å²) in [5.74, 6) is 0.608. The lowest BCUT2D eigenvalue weighted by molar-refractivity contribution is -0.164. The van der Waals surface area contributed by atoms with Gasteiger partial charge >= 0.3 is 5.97 Å². The van der Waals surface area contributed by atoms with Crippen LogP contribution in [0.3, 0.4) is 0 Å². The Bertz CT molecular complexity index is 896. The molecule has 0 saturated heterocycles. The number of aliphatic hydroxyl groups is 3. The van der Waals surface area contributed by atoms with Crippen LogP contribution in [-0.2, 0) is 14.3 Å². The van der Waals surface area contributed by atoms with Gasteiger partial charge in [0.15, 0.2) is 5.78 Å². The van der Waals surface area contributed by atoms with Gasteiger partial charge in [-0.05, 0) is 79.1 Å². The summed E-state index contributed by atoms with van der Waals surface area (Å²) in [6, 6.07) is 0. The third kappa shape index (κ3) is 5.07. The van der Waals surface area contributed by atoms with Crippen molar-refractivity contribution in [3.05, 3.63) is 11.6 Å². The summed E-state index contributed by atoms with van der Waals surface area (Å²) in [5, 5.41) is 32.7. The number of hydrogen-bond acceptors (Lipinski definition) is 6. The highest BCUT2D eigenvalue weighted by Crippen LogP contribution is 2.66. The Labute approximate surface area is 223 Å². The van der Waals surface area contributed by atoms with E-state index in [0.29, 0.717) is 37.0 Å². The Morgan fingerprint density at radius 2 is 1.81 bits per heavy atom. The highest BCUT2D eigenvalue weighted by Gasteiger charge is 2.66. The van der Waals surface area contributed by atoms with Crippen molar-refractivity contribution in [3.8, 4) is 0 Å². The van der Waals surface area contributed by atoms with Crippen molar-refractivity contribution >= 4 is 11.8 Å². The quantitative estimate of drug-likeness (QED) is 0.403. The van der Waals surface area contributed by atoms with Crippen molar-refractivity contribution in [1.29, 1.82) is 0 Å². The average Bonchev–Trinajstić information content (AvgIpc) is 3.06. The third-order valence-electron chi connectivity index (χ3n) is 11.4. The van der Waals surface area contributed by atoms with Gasteiger partial charge in [-0.25, -0.2) is 0 Å². The van der Waals surface area contributed by atoms with Crippen LogP contribution in [0.4, 0.5) is 0 Å². The molecule has 6 heteroatoms. The molecule has 0 bridgehead atoms. The molecule has 11 atom stereocenters. The summed E-state index contributed by atoms with van der Waals surface area (Å²) in [6.45, 7) is 12.7. The van der Waals surface area contributed by atoms with Crippen molar-refractivity contribution in [1.82, 2.24) is 0 Å². The highest BCUT2D eigenvalue weighted by atomic mass is 16.5. The van der Waals surface area contributed by atoms with Gasteiger partial charge in [0.25, 0.3) is 0 Å². The first-order chi connectivity index (χ1) is 17.3. The molecule has 4 aliphatic rings. The minimum Gasteiger partial charge on any atom is -0.462 e. The second-order valence-electron chi connectivity index (χ2n) is 13.8. The van der Waals surface area contributed by atoms with Gasteiger partial charge in [0, 0.05) is 37.7 Å². The normalized spacial score (nSPS) is 42.9. The van der Waals surface area contributed by atoms with Crippen LogP contribution in [0.1, 0.15) is 92.9 Å². The van der Waals surface area contributed by atoms with Crippen molar-refractivity contribution in [3.63, 3.8) is 0 Å². The number of carbonyl (C=O) groups excluding carboxylic acids is 2. The largest absolute Gasteiger partial charge is 0.462 e. The van der Waals surface area contributed by atoms with Gasteiger partial charge < -0.3 is 20.1 Å². The van der Waals surface area contributed by atoms with Gasteiger partial charge in [0.1, 0.15) is 6.10 Å². The lowest BCUT2D eigenvalue weighted by atomic mass is 9.45. The van der Waals surface area contributed by atoms with Gasteiger partial charge in [0.05, 0.1) is 12.2 Å². The van der Waals surface area contributed by atoms with Crippen LogP contribution in [0.2, 0.25) is 0 Å². The number of carbonyl (C=O) groups is 2. The maximum Gasteiger partial charge on any atom is 0.302 e. The monoisotopic (exact) mass is 518 g/mol. The van der Waals surface area contributed by atoms with E-state index in [1.54, 1.807) is 6.08 Å². The smallest absolute Gasteiger partial charge is 0.302 e. The molecule has 0 radical (unpaired) electrons. The van der Waals surface area contributed by atoms with E-state index in [4.69, 9.17) is 4.74 Å². The van der Waals surface area contributed by atoms with Crippen molar-refractivity contribution in [2.24, 2.45) is 52.3 Å². The van der Waals surface area contributed by atoms with Crippen LogP contribution in [0, 0.1) is 52.3 Å². The van der Waals surface area contributed by atoms with E-state index in [2.05, 4.69) is 34.6 Å².